The third kappa shape index (κ3) is 3.44. The van der Waals surface area contributed by atoms with E-state index in [4.69, 9.17) is 15.8 Å². The zero-order chi connectivity index (χ0) is 12.1. The standard InChI is InChI=1S/C13H12ClO2P/c14-17(15,13-9-5-2-6-10-13)16-11-12-7-3-1-4-8-12/h1-10H,11H2. The van der Waals surface area contributed by atoms with Gasteiger partial charge in [-0.05, 0) is 28.9 Å². The van der Waals surface area contributed by atoms with E-state index in [9.17, 15) is 4.57 Å². The fourth-order valence-electron chi connectivity index (χ4n) is 1.41. The maximum absolute atomic E-state index is 12.1. The van der Waals surface area contributed by atoms with Gasteiger partial charge in [-0.1, -0.05) is 48.5 Å². The molecular formula is C13H12ClO2P. The number of hydrogen-bond acceptors (Lipinski definition) is 2. The van der Waals surface area contributed by atoms with Crippen LogP contribution >= 0.6 is 18.0 Å². The topological polar surface area (TPSA) is 26.3 Å². The minimum Gasteiger partial charge on any atom is -0.309 e. The molecular weight excluding hydrogens is 255 g/mol. The van der Waals surface area contributed by atoms with Crippen LogP contribution in [0.3, 0.4) is 0 Å². The van der Waals surface area contributed by atoms with Crippen molar-refractivity contribution in [1.82, 2.24) is 0 Å². The predicted octanol–water partition coefficient (Wildman–Crippen LogP) is 3.96. The van der Waals surface area contributed by atoms with E-state index in [-0.39, 0.29) is 6.61 Å². The molecule has 0 N–H and O–H groups in total. The summed E-state index contributed by atoms with van der Waals surface area (Å²) < 4.78 is 17.5. The van der Waals surface area contributed by atoms with Crippen LogP contribution in [0.25, 0.3) is 0 Å². The van der Waals surface area contributed by atoms with Crippen LogP contribution in [0.5, 0.6) is 0 Å². The third-order valence-corrected chi connectivity index (χ3v) is 4.56. The highest BCUT2D eigenvalue weighted by Crippen LogP contribution is 2.51. The van der Waals surface area contributed by atoms with Crippen LogP contribution in [-0.4, -0.2) is 0 Å². The summed E-state index contributed by atoms with van der Waals surface area (Å²) in [5, 5.41) is 0.526. The van der Waals surface area contributed by atoms with E-state index in [2.05, 4.69) is 0 Å². The molecule has 0 bridgehead atoms. The zero-order valence-electron chi connectivity index (χ0n) is 9.12. The minimum absolute atomic E-state index is 0.247. The summed E-state index contributed by atoms with van der Waals surface area (Å²) in [7, 11) is 0. The van der Waals surface area contributed by atoms with Gasteiger partial charge >= 0.3 is 6.72 Å². The molecule has 1 unspecified atom stereocenters. The molecule has 2 nitrogen and oxygen atoms in total. The predicted molar refractivity (Wildman–Crippen MR) is 70.8 cm³/mol. The molecule has 0 radical (unpaired) electrons. The molecule has 0 fully saturated rings. The van der Waals surface area contributed by atoms with Gasteiger partial charge in [0.2, 0.25) is 0 Å². The van der Waals surface area contributed by atoms with E-state index < -0.39 is 6.72 Å². The fourth-order valence-corrected chi connectivity index (χ4v) is 2.89. The average molecular weight is 267 g/mol. The lowest BCUT2D eigenvalue weighted by Gasteiger charge is -2.11. The molecule has 4 heteroatoms. The summed E-state index contributed by atoms with van der Waals surface area (Å²) in [5.41, 5.74) is 0.948. The Labute approximate surface area is 105 Å². The van der Waals surface area contributed by atoms with Gasteiger partial charge in [-0.25, -0.2) is 0 Å². The Hall–Kier alpha value is -1.08. The van der Waals surface area contributed by atoms with Crippen LogP contribution in [0.4, 0.5) is 0 Å². The zero-order valence-corrected chi connectivity index (χ0v) is 10.8. The highest BCUT2D eigenvalue weighted by Gasteiger charge is 2.22. The van der Waals surface area contributed by atoms with E-state index >= 15 is 0 Å². The van der Waals surface area contributed by atoms with Crippen LogP contribution in [0.1, 0.15) is 5.56 Å². The van der Waals surface area contributed by atoms with Crippen molar-refractivity contribution in [2.75, 3.05) is 0 Å². The van der Waals surface area contributed by atoms with Gasteiger partial charge in [0.15, 0.2) is 0 Å². The molecule has 2 aromatic rings. The van der Waals surface area contributed by atoms with Crippen molar-refractivity contribution in [2.45, 2.75) is 6.61 Å². The maximum atomic E-state index is 12.1. The number of hydrogen-bond donors (Lipinski definition) is 0. The van der Waals surface area contributed by atoms with Crippen molar-refractivity contribution in [2.24, 2.45) is 0 Å². The lowest BCUT2D eigenvalue weighted by atomic mass is 10.2. The lowest BCUT2D eigenvalue weighted by Crippen LogP contribution is -2.02. The summed E-state index contributed by atoms with van der Waals surface area (Å²) in [4.78, 5) is 0. The minimum atomic E-state index is -3.24. The third-order valence-electron chi connectivity index (χ3n) is 2.30. The molecule has 0 aliphatic rings. The van der Waals surface area contributed by atoms with Crippen molar-refractivity contribution in [3.8, 4) is 0 Å². The fraction of sp³-hybridized carbons (Fsp3) is 0.0769. The quantitative estimate of drug-likeness (QED) is 0.783. The molecule has 0 aliphatic heterocycles. The summed E-state index contributed by atoms with van der Waals surface area (Å²) in [6.07, 6.45) is 0. The molecule has 88 valence electrons. The molecule has 2 rings (SSSR count). The van der Waals surface area contributed by atoms with Crippen LogP contribution in [0.2, 0.25) is 0 Å². The molecule has 0 heterocycles. The number of halogens is 1. The average Bonchev–Trinajstić information content (AvgIpc) is 2.39. The smallest absolute Gasteiger partial charge is 0.309 e. The van der Waals surface area contributed by atoms with Gasteiger partial charge in [0.05, 0.1) is 11.9 Å². The van der Waals surface area contributed by atoms with Crippen LogP contribution < -0.4 is 5.30 Å². The molecule has 0 aliphatic carbocycles. The van der Waals surface area contributed by atoms with Crippen molar-refractivity contribution in [3.05, 3.63) is 66.2 Å². The Morgan fingerprint density at radius 1 is 0.941 bits per heavy atom. The number of benzene rings is 2. The van der Waals surface area contributed by atoms with Crippen LogP contribution in [0.15, 0.2) is 60.7 Å². The van der Waals surface area contributed by atoms with Crippen molar-refractivity contribution in [1.29, 1.82) is 0 Å². The largest absolute Gasteiger partial charge is 0.320 e. The second-order valence-corrected chi connectivity index (χ2v) is 6.64. The molecule has 2 aromatic carbocycles. The van der Waals surface area contributed by atoms with Gasteiger partial charge in [-0.3, -0.25) is 4.57 Å². The number of rotatable bonds is 4. The highest BCUT2D eigenvalue weighted by molar-refractivity contribution is 7.91. The van der Waals surface area contributed by atoms with Gasteiger partial charge in [-0.2, -0.15) is 0 Å². The summed E-state index contributed by atoms with van der Waals surface area (Å²) in [5.74, 6) is 0. The summed E-state index contributed by atoms with van der Waals surface area (Å²) in [6.45, 7) is -2.99. The van der Waals surface area contributed by atoms with Crippen LogP contribution in [0, 0.1) is 0 Å². The second-order valence-electron chi connectivity index (χ2n) is 3.57. The van der Waals surface area contributed by atoms with Gasteiger partial charge in [0, 0.05) is 0 Å². The normalized spacial score (nSPS) is 14.2. The Morgan fingerprint density at radius 3 is 2.06 bits per heavy atom. The SMILES string of the molecule is O=P(Cl)(OCc1ccccc1)c1ccccc1. The second kappa shape index (κ2) is 5.50. The van der Waals surface area contributed by atoms with Gasteiger partial charge in [0.1, 0.15) is 0 Å². The maximum Gasteiger partial charge on any atom is 0.320 e. The molecule has 17 heavy (non-hydrogen) atoms. The Morgan fingerprint density at radius 2 is 1.47 bits per heavy atom. The molecule has 0 amide bonds. The first-order valence-electron chi connectivity index (χ1n) is 5.22. The summed E-state index contributed by atoms with van der Waals surface area (Å²) >= 11 is 5.94. The van der Waals surface area contributed by atoms with Gasteiger partial charge < -0.3 is 4.52 Å². The molecule has 0 saturated heterocycles. The molecule has 1 atom stereocenters. The lowest BCUT2D eigenvalue weighted by molar-refractivity contribution is 0.320. The Kier molecular flexibility index (Phi) is 4.01. The highest BCUT2D eigenvalue weighted by atomic mass is 35.7. The van der Waals surface area contributed by atoms with Crippen molar-refractivity contribution in [3.63, 3.8) is 0 Å². The summed E-state index contributed by atoms with van der Waals surface area (Å²) in [6, 6.07) is 18.4. The van der Waals surface area contributed by atoms with E-state index in [0.717, 1.165) is 5.56 Å². The van der Waals surface area contributed by atoms with E-state index in [1.807, 2.05) is 36.4 Å². The first-order chi connectivity index (χ1) is 8.18. The van der Waals surface area contributed by atoms with Gasteiger partial charge in [-0.15, -0.1) is 0 Å². The molecule has 0 saturated carbocycles. The van der Waals surface area contributed by atoms with Gasteiger partial charge in [0.25, 0.3) is 0 Å². The Bertz CT molecular complexity index is 513. The Balaban J connectivity index is 2.06. The van der Waals surface area contributed by atoms with Crippen molar-refractivity contribution >= 4 is 23.3 Å². The van der Waals surface area contributed by atoms with Crippen LogP contribution in [-0.2, 0) is 15.7 Å². The van der Waals surface area contributed by atoms with Crippen molar-refractivity contribution < 1.29 is 9.09 Å². The molecule has 0 spiro atoms. The molecule has 0 aromatic heterocycles. The first-order valence-corrected chi connectivity index (χ1v) is 7.75. The first kappa shape index (κ1) is 12.4. The van der Waals surface area contributed by atoms with E-state index in [1.54, 1.807) is 24.3 Å². The monoisotopic (exact) mass is 266 g/mol. The van der Waals surface area contributed by atoms with E-state index in [0.29, 0.717) is 5.30 Å². The van der Waals surface area contributed by atoms with E-state index in [1.165, 1.54) is 0 Å².